The van der Waals surface area contributed by atoms with E-state index in [1.165, 1.54) is 45.4 Å². The lowest BCUT2D eigenvalue weighted by molar-refractivity contribution is 0.158. The predicted molar refractivity (Wildman–Crippen MR) is 55.9 cm³/mol. The van der Waals surface area contributed by atoms with Crippen LogP contribution in [-0.2, 0) is 0 Å². The van der Waals surface area contributed by atoms with E-state index in [0.717, 1.165) is 12.1 Å². The second-order valence-electron chi connectivity index (χ2n) is 4.47. The molecule has 2 aliphatic rings. The molecular formula is C11H22N2. The molecule has 0 unspecified atom stereocenters. The fraction of sp³-hybridized carbons (Fsp3) is 1.00. The van der Waals surface area contributed by atoms with E-state index >= 15 is 0 Å². The first-order valence-corrected chi connectivity index (χ1v) is 5.81. The summed E-state index contributed by atoms with van der Waals surface area (Å²) in [6.45, 7) is 9.94. The molecule has 2 aliphatic heterocycles. The molecule has 0 aliphatic carbocycles. The molecule has 2 heterocycles. The van der Waals surface area contributed by atoms with Gasteiger partial charge in [0.25, 0.3) is 0 Å². The van der Waals surface area contributed by atoms with Crippen molar-refractivity contribution in [3.63, 3.8) is 0 Å². The molecule has 2 nitrogen and oxygen atoms in total. The van der Waals surface area contributed by atoms with Crippen molar-refractivity contribution in [3.8, 4) is 0 Å². The molecular weight excluding hydrogens is 160 g/mol. The monoisotopic (exact) mass is 182 g/mol. The van der Waals surface area contributed by atoms with Crippen LogP contribution < -0.4 is 0 Å². The largest absolute Gasteiger partial charge is 0.299 e. The normalized spacial score (nSPS) is 37.4. The minimum absolute atomic E-state index is 0.787. The van der Waals surface area contributed by atoms with Crippen molar-refractivity contribution in [2.24, 2.45) is 0 Å². The van der Waals surface area contributed by atoms with Crippen molar-refractivity contribution in [2.75, 3.05) is 26.2 Å². The fourth-order valence-electron chi connectivity index (χ4n) is 3.05. The Hall–Kier alpha value is -0.0800. The van der Waals surface area contributed by atoms with Crippen LogP contribution in [0.3, 0.4) is 0 Å². The highest BCUT2D eigenvalue weighted by molar-refractivity contribution is 4.90. The van der Waals surface area contributed by atoms with Gasteiger partial charge in [-0.1, -0.05) is 6.92 Å². The van der Waals surface area contributed by atoms with Crippen LogP contribution in [-0.4, -0.2) is 48.1 Å². The van der Waals surface area contributed by atoms with Crippen molar-refractivity contribution < 1.29 is 0 Å². The van der Waals surface area contributed by atoms with Crippen molar-refractivity contribution in [1.29, 1.82) is 0 Å². The lowest BCUT2D eigenvalue weighted by Crippen LogP contribution is -2.44. The molecule has 2 heteroatoms. The van der Waals surface area contributed by atoms with Gasteiger partial charge in [-0.15, -0.1) is 0 Å². The zero-order chi connectivity index (χ0) is 9.26. The third-order valence-electron chi connectivity index (χ3n) is 3.84. The van der Waals surface area contributed by atoms with Crippen LogP contribution in [0.15, 0.2) is 0 Å². The first-order chi connectivity index (χ1) is 6.33. The van der Waals surface area contributed by atoms with Gasteiger partial charge in [0.05, 0.1) is 0 Å². The summed E-state index contributed by atoms with van der Waals surface area (Å²) >= 11 is 0. The molecule has 0 saturated carbocycles. The molecule has 0 radical (unpaired) electrons. The van der Waals surface area contributed by atoms with E-state index in [1.54, 1.807) is 0 Å². The lowest BCUT2D eigenvalue weighted by atomic mass is 10.1. The molecule has 2 rings (SSSR count). The second-order valence-corrected chi connectivity index (χ2v) is 4.47. The van der Waals surface area contributed by atoms with Crippen LogP contribution in [0.4, 0.5) is 0 Å². The Kier molecular flexibility index (Phi) is 2.89. The number of hydrogen-bond acceptors (Lipinski definition) is 2. The van der Waals surface area contributed by atoms with Gasteiger partial charge in [0.15, 0.2) is 0 Å². The third-order valence-corrected chi connectivity index (χ3v) is 3.84. The molecule has 0 bridgehead atoms. The summed E-state index contributed by atoms with van der Waals surface area (Å²) in [6, 6.07) is 1.65. The first kappa shape index (κ1) is 9.47. The van der Waals surface area contributed by atoms with Crippen LogP contribution in [0.1, 0.15) is 33.1 Å². The van der Waals surface area contributed by atoms with Crippen molar-refractivity contribution in [2.45, 2.75) is 45.2 Å². The number of rotatable bonds is 1. The minimum atomic E-state index is 0.787. The van der Waals surface area contributed by atoms with Crippen LogP contribution >= 0.6 is 0 Å². The van der Waals surface area contributed by atoms with Gasteiger partial charge in [0, 0.05) is 12.1 Å². The van der Waals surface area contributed by atoms with Crippen molar-refractivity contribution in [3.05, 3.63) is 0 Å². The van der Waals surface area contributed by atoms with Gasteiger partial charge < -0.3 is 0 Å². The Balaban J connectivity index is 2.06. The smallest absolute Gasteiger partial charge is 0.0249 e. The molecule has 13 heavy (non-hydrogen) atoms. The zero-order valence-electron chi connectivity index (χ0n) is 9.00. The molecule has 0 aromatic carbocycles. The van der Waals surface area contributed by atoms with Gasteiger partial charge in [-0.3, -0.25) is 9.80 Å². The van der Waals surface area contributed by atoms with Crippen molar-refractivity contribution in [1.82, 2.24) is 9.80 Å². The van der Waals surface area contributed by atoms with E-state index in [0.29, 0.717) is 0 Å². The maximum Gasteiger partial charge on any atom is 0.0249 e. The zero-order valence-corrected chi connectivity index (χ0v) is 9.00. The fourth-order valence-corrected chi connectivity index (χ4v) is 3.05. The summed E-state index contributed by atoms with van der Waals surface area (Å²) in [5.41, 5.74) is 0. The molecule has 0 spiro atoms. The Morgan fingerprint density at radius 2 is 1.92 bits per heavy atom. The van der Waals surface area contributed by atoms with Crippen molar-refractivity contribution >= 4 is 0 Å². The van der Waals surface area contributed by atoms with Gasteiger partial charge in [0.1, 0.15) is 0 Å². The molecule has 0 N–H and O–H groups in total. The number of hydrogen-bond donors (Lipinski definition) is 0. The highest BCUT2D eigenvalue weighted by Gasteiger charge is 2.33. The summed E-state index contributed by atoms with van der Waals surface area (Å²) in [6.07, 6.45) is 4.22. The highest BCUT2D eigenvalue weighted by Crippen LogP contribution is 2.25. The average molecular weight is 182 g/mol. The van der Waals surface area contributed by atoms with Gasteiger partial charge in [-0.2, -0.15) is 0 Å². The summed E-state index contributed by atoms with van der Waals surface area (Å²) in [5.74, 6) is 0. The summed E-state index contributed by atoms with van der Waals surface area (Å²) < 4.78 is 0. The number of fused-ring (bicyclic) bond motifs is 1. The van der Waals surface area contributed by atoms with Crippen LogP contribution in [0.5, 0.6) is 0 Å². The Bertz CT molecular complexity index is 169. The average Bonchev–Trinajstić information content (AvgIpc) is 2.54. The number of likely N-dealkylation sites (N-methyl/N-ethyl adjacent to an activating group) is 1. The highest BCUT2D eigenvalue weighted by atomic mass is 15.3. The summed E-state index contributed by atoms with van der Waals surface area (Å²) in [7, 11) is 0. The molecule has 0 aromatic heterocycles. The van der Waals surface area contributed by atoms with Crippen LogP contribution in [0.2, 0.25) is 0 Å². The third kappa shape index (κ3) is 1.75. The van der Waals surface area contributed by atoms with E-state index in [1.807, 2.05) is 0 Å². The van der Waals surface area contributed by atoms with E-state index in [-0.39, 0.29) is 0 Å². The second kappa shape index (κ2) is 3.97. The Morgan fingerprint density at radius 1 is 1.15 bits per heavy atom. The van der Waals surface area contributed by atoms with Gasteiger partial charge >= 0.3 is 0 Å². The standard InChI is InChI=1S/C11H22N2/c1-3-12-8-5-9-13-7-4-6-11(13)10(12)2/h10-11H,3-9H2,1-2H3/t10-,11-/m0/s1. The summed E-state index contributed by atoms with van der Waals surface area (Å²) in [5, 5.41) is 0. The molecule has 2 atom stereocenters. The van der Waals surface area contributed by atoms with E-state index in [2.05, 4.69) is 23.6 Å². The molecule has 76 valence electrons. The summed E-state index contributed by atoms with van der Waals surface area (Å²) in [4.78, 5) is 5.36. The van der Waals surface area contributed by atoms with Gasteiger partial charge in [0.2, 0.25) is 0 Å². The SMILES string of the molecule is CCN1CCCN2CCC[C@H]2[C@@H]1C. The Morgan fingerprint density at radius 3 is 2.69 bits per heavy atom. The topological polar surface area (TPSA) is 6.48 Å². The van der Waals surface area contributed by atoms with Gasteiger partial charge in [-0.05, 0) is 52.4 Å². The maximum absolute atomic E-state index is 2.71. The minimum Gasteiger partial charge on any atom is -0.299 e. The number of nitrogens with zero attached hydrogens (tertiary/aromatic N) is 2. The van der Waals surface area contributed by atoms with E-state index in [4.69, 9.17) is 0 Å². The molecule has 0 amide bonds. The van der Waals surface area contributed by atoms with E-state index in [9.17, 15) is 0 Å². The van der Waals surface area contributed by atoms with Gasteiger partial charge in [-0.25, -0.2) is 0 Å². The molecule has 2 saturated heterocycles. The molecule has 2 fully saturated rings. The quantitative estimate of drug-likeness (QED) is 0.607. The lowest BCUT2D eigenvalue weighted by Gasteiger charge is -2.32. The van der Waals surface area contributed by atoms with Crippen LogP contribution in [0.25, 0.3) is 0 Å². The predicted octanol–water partition coefficient (Wildman–Crippen LogP) is 1.56. The Labute approximate surface area is 81.9 Å². The first-order valence-electron chi connectivity index (χ1n) is 5.81. The molecule has 0 aromatic rings. The van der Waals surface area contributed by atoms with E-state index < -0.39 is 0 Å². The maximum atomic E-state index is 2.71. The van der Waals surface area contributed by atoms with Crippen LogP contribution in [0, 0.1) is 0 Å².